The van der Waals surface area contributed by atoms with Crippen LogP contribution in [0.15, 0.2) is 55.0 Å². The Hall–Kier alpha value is -3.26. The summed E-state index contributed by atoms with van der Waals surface area (Å²) >= 11 is 1.36. The van der Waals surface area contributed by atoms with Crippen LogP contribution in [0.5, 0.6) is 5.75 Å². The van der Waals surface area contributed by atoms with Crippen LogP contribution in [0.1, 0.15) is 17.4 Å². The van der Waals surface area contributed by atoms with Gasteiger partial charge in [0.25, 0.3) is 5.91 Å². The first-order valence-electron chi connectivity index (χ1n) is 8.27. The third-order valence-electron chi connectivity index (χ3n) is 3.87. The molecule has 0 aliphatic carbocycles. The number of hydrogen-bond donors (Lipinski definition) is 1. The van der Waals surface area contributed by atoms with Gasteiger partial charge in [0.2, 0.25) is 0 Å². The van der Waals surface area contributed by atoms with Gasteiger partial charge >= 0.3 is 0 Å². The molecule has 8 heteroatoms. The number of nitrogens with zero attached hydrogens (tertiary/aromatic N) is 3. The molecule has 4 aromatic rings. The Bertz CT molecular complexity index is 1100. The molecule has 1 N–H and O–H groups in total. The number of carbonyl (C=O) groups excluding carboxylic acids is 1. The van der Waals surface area contributed by atoms with E-state index in [4.69, 9.17) is 4.74 Å². The summed E-state index contributed by atoms with van der Waals surface area (Å²) in [6, 6.07) is 11.4. The minimum atomic E-state index is -0.346. The van der Waals surface area contributed by atoms with Crippen molar-refractivity contribution in [1.82, 2.24) is 14.5 Å². The number of rotatable bonds is 5. The van der Waals surface area contributed by atoms with Crippen LogP contribution in [0.4, 0.5) is 9.52 Å². The standard InChI is InChI=1S/C19H15FN4O2S/c1-2-26-14-7-8-15-17(9-14)27-19(22-15)23-18(25)16-10-21-11-24(16)13-5-3-12(20)4-6-13/h3-11H,2H2,1H3,(H,22,23,25). The van der Waals surface area contributed by atoms with E-state index in [0.717, 1.165) is 16.0 Å². The third kappa shape index (κ3) is 3.52. The smallest absolute Gasteiger partial charge is 0.276 e. The Morgan fingerprint density at radius 3 is 2.85 bits per heavy atom. The highest BCUT2D eigenvalue weighted by Crippen LogP contribution is 2.29. The molecule has 0 saturated heterocycles. The molecule has 0 aliphatic rings. The zero-order valence-corrected chi connectivity index (χ0v) is 15.2. The quantitative estimate of drug-likeness (QED) is 0.560. The number of aromatic nitrogens is 3. The Labute approximate surface area is 158 Å². The molecule has 0 atom stereocenters. The fraction of sp³-hybridized carbons (Fsp3) is 0.105. The van der Waals surface area contributed by atoms with Gasteiger partial charge in [-0.3, -0.25) is 14.7 Å². The minimum Gasteiger partial charge on any atom is -0.494 e. The molecule has 2 aromatic heterocycles. The molecule has 0 fully saturated rings. The fourth-order valence-electron chi connectivity index (χ4n) is 2.65. The molecule has 1 amide bonds. The predicted octanol–water partition coefficient (Wildman–Crippen LogP) is 4.27. The Kier molecular flexibility index (Phi) is 4.55. The first-order chi connectivity index (χ1) is 13.1. The van der Waals surface area contributed by atoms with Crippen LogP contribution in [0, 0.1) is 5.82 Å². The van der Waals surface area contributed by atoms with E-state index in [0.29, 0.717) is 23.1 Å². The van der Waals surface area contributed by atoms with Crippen LogP contribution in [0.25, 0.3) is 15.9 Å². The molecular weight excluding hydrogens is 367 g/mol. The van der Waals surface area contributed by atoms with E-state index in [9.17, 15) is 9.18 Å². The zero-order chi connectivity index (χ0) is 18.8. The minimum absolute atomic E-state index is 0.330. The van der Waals surface area contributed by atoms with Gasteiger partial charge in [0.1, 0.15) is 17.3 Å². The summed E-state index contributed by atoms with van der Waals surface area (Å²) in [5, 5.41) is 3.28. The summed E-state index contributed by atoms with van der Waals surface area (Å²) in [6.45, 7) is 2.51. The predicted molar refractivity (Wildman–Crippen MR) is 102 cm³/mol. The van der Waals surface area contributed by atoms with Crippen molar-refractivity contribution in [2.75, 3.05) is 11.9 Å². The molecule has 0 bridgehead atoms. The van der Waals surface area contributed by atoms with Crippen LogP contribution in [0.2, 0.25) is 0 Å². The van der Waals surface area contributed by atoms with E-state index in [2.05, 4.69) is 15.3 Å². The van der Waals surface area contributed by atoms with Gasteiger partial charge in [0, 0.05) is 5.69 Å². The van der Waals surface area contributed by atoms with E-state index in [-0.39, 0.29) is 11.7 Å². The number of thiazole rings is 1. The molecule has 2 aromatic carbocycles. The van der Waals surface area contributed by atoms with Crippen molar-refractivity contribution in [3.05, 3.63) is 66.5 Å². The molecule has 4 rings (SSSR count). The summed E-state index contributed by atoms with van der Waals surface area (Å²) in [6.07, 6.45) is 2.97. The molecular formula is C19H15FN4O2S. The molecule has 27 heavy (non-hydrogen) atoms. The largest absolute Gasteiger partial charge is 0.494 e. The summed E-state index contributed by atoms with van der Waals surface area (Å²) < 4.78 is 21.1. The lowest BCUT2D eigenvalue weighted by molar-refractivity contribution is 0.102. The van der Waals surface area contributed by atoms with E-state index in [1.165, 1.54) is 36.0 Å². The molecule has 2 heterocycles. The van der Waals surface area contributed by atoms with Crippen molar-refractivity contribution in [2.45, 2.75) is 6.92 Å². The normalized spacial score (nSPS) is 10.9. The van der Waals surface area contributed by atoms with Gasteiger partial charge in [-0.05, 0) is 49.4 Å². The molecule has 0 aliphatic heterocycles. The molecule has 136 valence electrons. The van der Waals surface area contributed by atoms with Crippen molar-refractivity contribution >= 4 is 32.6 Å². The Morgan fingerprint density at radius 2 is 2.07 bits per heavy atom. The second-order valence-electron chi connectivity index (χ2n) is 5.66. The van der Waals surface area contributed by atoms with E-state index >= 15 is 0 Å². The maximum absolute atomic E-state index is 13.1. The highest BCUT2D eigenvalue weighted by atomic mass is 32.1. The lowest BCUT2D eigenvalue weighted by atomic mass is 10.3. The van der Waals surface area contributed by atoms with Gasteiger partial charge < -0.3 is 4.74 Å². The summed E-state index contributed by atoms with van der Waals surface area (Å²) in [5.41, 5.74) is 1.76. The number of halogens is 1. The number of amides is 1. The Morgan fingerprint density at radius 1 is 1.26 bits per heavy atom. The van der Waals surface area contributed by atoms with Crippen molar-refractivity contribution in [3.8, 4) is 11.4 Å². The summed E-state index contributed by atoms with van der Waals surface area (Å²) in [4.78, 5) is 21.1. The van der Waals surface area contributed by atoms with Crippen LogP contribution < -0.4 is 10.1 Å². The topological polar surface area (TPSA) is 69.0 Å². The first-order valence-corrected chi connectivity index (χ1v) is 9.08. The van der Waals surface area contributed by atoms with E-state index < -0.39 is 0 Å². The van der Waals surface area contributed by atoms with E-state index in [1.807, 2.05) is 25.1 Å². The van der Waals surface area contributed by atoms with Crippen LogP contribution in [-0.4, -0.2) is 27.0 Å². The Balaban J connectivity index is 1.59. The number of anilines is 1. The third-order valence-corrected chi connectivity index (χ3v) is 4.80. The lowest BCUT2D eigenvalue weighted by Gasteiger charge is -2.07. The highest BCUT2D eigenvalue weighted by molar-refractivity contribution is 7.22. The molecule has 0 unspecified atom stereocenters. The number of imidazole rings is 1. The number of carbonyl (C=O) groups is 1. The van der Waals surface area contributed by atoms with Crippen molar-refractivity contribution in [3.63, 3.8) is 0 Å². The SMILES string of the molecule is CCOc1ccc2nc(NC(=O)c3cncn3-c3ccc(F)cc3)sc2c1. The van der Waals surface area contributed by atoms with Crippen molar-refractivity contribution < 1.29 is 13.9 Å². The first kappa shape index (κ1) is 17.2. The zero-order valence-electron chi connectivity index (χ0n) is 14.3. The average Bonchev–Trinajstić information content (AvgIpc) is 3.29. The van der Waals surface area contributed by atoms with Gasteiger partial charge in [0.05, 0.1) is 29.3 Å². The van der Waals surface area contributed by atoms with Crippen LogP contribution in [0.3, 0.4) is 0 Å². The second kappa shape index (κ2) is 7.16. The number of fused-ring (bicyclic) bond motifs is 1. The fourth-order valence-corrected chi connectivity index (χ4v) is 3.54. The van der Waals surface area contributed by atoms with Gasteiger partial charge in [-0.2, -0.15) is 0 Å². The summed E-state index contributed by atoms with van der Waals surface area (Å²) in [5.74, 6) is 0.0765. The second-order valence-corrected chi connectivity index (χ2v) is 6.69. The maximum Gasteiger partial charge on any atom is 0.276 e. The average molecular weight is 382 g/mol. The number of hydrogen-bond acceptors (Lipinski definition) is 5. The molecule has 0 spiro atoms. The van der Waals surface area contributed by atoms with Gasteiger partial charge in [-0.25, -0.2) is 14.4 Å². The van der Waals surface area contributed by atoms with Gasteiger partial charge in [-0.1, -0.05) is 11.3 Å². The van der Waals surface area contributed by atoms with Crippen molar-refractivity contribution in [1.29, 1.82) is 0 Å². The molecule has 6 nitrogen and oxygen atoms in total. The number of benzene rings is 2. The number of ether oxygens (including phenoxy) is 1. The van der Waals surface area contributed by atoms with Crippen LogP contribution >= 0.6 is 11.3 Å². The van der Waals surface area contributed by atoms with Crippen LogP contribution in [-0.2, 0) is 0 Å². The molecule has 0 saturated carbocycles. The van der Waals surface area contributed by atoms with Crippen molar-refractivity contribution in [2.24, 2.45) is 0 Å². The highest BCUT2D eigenvalue weighted by Gasteiger charge is 2.15. The number of nitrogens with one attached hydrogen (secondary N) is 1. The summed E-state index contributed by atoms with van der Waals surface area (Å²) in [7, 11) is 0. The van der Waals surface area contributed by atoms with Gasteiger partial charge in [0.15, 0.2) is 5.13 Å². The maximum atomic E-state index is 13.1. The van der Waals surface area contributed by atoms with E-state index in [1.54, 1.807) is 16.7 Å². The monoisotopic (exact) mass is 382 g/mol. The molecule has 0 radical (unpaired) electrons. The van der Waals surface area contributed by atoms with Gasteiger partial charge in [-0.15, -0.1) is 0 Å². The lowest BCUT2D eigenvalue weighted by Crippen LogP contribution is -2.15.